The second-order valence-electron chi connectivity index (χ2n) is 11.8. The minimum Gasteiger partial charge on any atom is -0.493 e. The fraction of sp³-hybridized carbons (Fsp3) is 0.343. The monoisotopic (exact) mass is 582 g/mol. The van der Waals surface area contributed by atoms with Crippen LogP contribution in [0.4, 0.5) is 4.79 Å². The lowest BCUT2D eigenvalue weighted by molar-refractivity contribution is -0.136. The third-order valence-corrected chi connectivity index (χ3v) is 7.45. The molecule has 4 aromatic rings. The van der Waals surface area contributed by atoms with Gasteiger partial charge in [-0.25, -0.2) is 9.78 Å². The van der Waals surface area contributed by atoms with Gasteiger partial charge in [-0.15, -0.1) is 0 Å². The number of carboxylic acid groups (broad SMARTS) is 1. The second-order valence-corrected chi connectivity index (χ2v) is 11.8. The van der Waals surface area contributed by atoms with Gasteiger partial charge in [0, 0.05) is 37.1 Å². The quantitative estimate of drug-likeness (QED) is 0.222. The molecule has 5 rings (SSSR count). The first kappa shape index (κ1) is 29.9. The van der Waals surface area contributed by atoms with Crippen molar-refractivity contribution in [3.05, 3.63) is 94.9 Å². The molecule has 8 nitrogen and oxygen atoms in total. The van der Waals surface area contributed by atoms with Crippen LogP contribution in [0.5, 0.6) is 5.75 Å². The van der Waals surface area contributed by atoms with Crippen molar-refractivity contribution >= 4 is 12.1 Å². The molecule has 0 saturated carbocycles. The Morgan fingerprint density at radius 1 is 0.930 bits per heavy atom. The van der Waals surface area contributed by atoms with Crippen molar-refractivity contribution in [2.75, 3.05) is 13.2 Å². The molecule has 1 aliphatic rings. The number of aliphatic carboxylic acids is 1. The first-order valence-electron chi connectivity index (χ1n) is 14.7. The summed E-state index contributed by atoms with van der Waals surface area (Å²) >= 11 is 0. The maximum atomic E-state index is 12.8. The summed E-state index contributed by atoms with van der Waals surface area (Å²) in [4.78, 5) is 30.5. The van der Waals surface area contributed by atoms with Gasteiger partial charge in [-0.05, 0) is 81.0 Å². The normalized spacial score (nSPS) is 13.0. The van der Waals surface area contributed by atoms with Gasteiger partial charge in [-0.2, -0.15) is 0 Å². The number of amides is 1. The minimum absolute atomic E-state index is 0.0157. The standard InChI is InChI=1S/C35H38N2O6/c1-23-30(36-33(42-23)27-12-10-25(11-13-27)24-8-6-5-7-9-24)19-21-41-31-16-14-26(15-17-32(38)39)29-22-37(20-18-28(29)31)34(40)43-35(2,3)4/h5-14,16H,15,17-22H2,1-4H3,(H,38,39). The molecule has 0 bridgehead atoms. The smallest absolute Gasteiger partial charge is 0.410 e. The van der Waals surface area contributed by atoms with Gasteiger partial charge in [0.25, 0.3) is 0 Å². The van der Waals surface area contributed by atoms with E-state index in [1.165, 1.54) is 0 Å². The van der Waals surface area contributed by atoms with Gasteiger partial charge in [0.2, 0.25) is 5.89 Å². The van der Waals surface area contributed by atoms with Crippen LogP contribution in [0, 0.1) is 6.92 Å². The maximum Gasteiger partial charge on any atom is 0.410 e. The predicted molar refractivity (Wildman–Crippen MR) is 164 cm³/mol. The van der Waals surface area contributed by atoms with Crippen LogP contribution in [-0.4, -0.2) is 45.8 Å². The summed E-state index contributed by atoms with van der Waals surface area (Å²) in [5.41, 5.74) is 6.31. The van der Waals surface area contributed by atoms with Gasteiger partial charge in [0.05, 0.1) is 12.3 Å². The van der Waals surface area contributed by atoms with Gasteiger partial charge in [-0.1, -0.05) is 48.5 Å². The number of ether oxygens (including phenoxy) is 2. The van der Waals surface area contributed by atoms with Crippen LogP contribution in [0.3, 0.4) is 0 Å². The summed E-state index contributed by atoms with van der Waals surface area (Å²) in [6.07, 6.45) is 1.18. The van der Waals surface area contributed by atoms with Crippen LogP contribution in [0.15, 0.2) is 71.1 Å². The van der Waals surface area contributed by atoms with E-state index in [-0.39, 0.29) is 12.5 Å². The van der Waals surface area contributed by atoms with E-state index in [9.17, 15) is 14.7 Å². The number of aromatic nitrogens is 1. The number of oxazole rings is 1. The third-order valence-electron chi connectivity index (χ3n) is 7.45. The fourth-order valence-electron chi connectivity index (χ4n) is 5.28. The molecular weight excluding hydrogens is 544 g/mol. The van der Waals surface area contributed by atoms with Crippen molar-refractivity contribution in [3.8, 4) is 28.3 Å². The van der Waals surface area contributed by atoms with Gasteiger partial charge in [-0.3, -0.25) is 4.79 Å². The summed E-state index contributed by atoms with van der Waals surface area (Å²) in [5, 5.41) is 9.26. The van der Waals surface area contributed by atoms with E-state index >= 15 is 0 Å². The van der Waals surface area contributed by atoms with E-state index in [0.717, 1.165) is 50.6 Å². The predicted octanol–water partition coefficient (Wildman–Crippen LogP) is 7.25. The van der Waals surface area contributed by atoms with E-state index in [1.54, 1.807) is 4.90 Å². The lowest BCUT2D eigenvalue weighted by Gasteiger charge is -2.33. The van der Waals surface area contributed by atoms with Crippen LogP contribution in [0.25, 0.3) is 22.6 Å². The van der Waals surface area contributed by atoms with E-state index in [1.807, 2.05) is 70.2 Å². The highest BCUT2D eigenvalue weighted by Gasteiger charge is 2.29. The Balaban J connectivity index is 1.27. The SMILES string of the molecule is Cc1oc(-c2ccc(-c3ccccc3)cc2)nc1CCOc1ccc(CCC(=O)O)c2c1CCN(C(=O)OC(C)(C)C)C2. The van der Waals surface area contributed by atoms with E-state index in [0.29, 0.717) is 44.8 Å². The number of benzene rings is 3. The first-order valence-corrected chi connectivity index (χ1v) is 14.7. The molecule has 43 heavy (non-hydrogen) atoms. The molecule has 0 spiro atoms. The summed E-state index contributed by atoms with van der Waals surface area (Å²) in [7, 11) is 0. The van der Waals surface area contributed by atoms with Crippen molar-refractivity contribution in [2.45, 2.75) is 65.5 Å². The maximum absolute atomic E-state index is 12.8. The zero-order valence-corrected chi connectivity index (χ0v) is 25.2. The van der Waals surface area contributed by atoms with Gasteiger partial charge in [0.15, 0.2) is 0 Å². The van der Waals surface area contributed by atoms with E-state index in [4.69, 9.17) is 18.9 Å². The molecule has 0 fully saturated rings. The molecule has 0 atom stereocenters. The molecule has 1 amide bonds. The molecule has 0 saturated heterocycles. The highest BCUT2D eigenvalue weighted by molar-refractivity contribution is 5.70. The second kappa shape index (κ2) is 12.7. The zero-order chi connectivity index (χ0) is 30.6. The van der Waals surface area contributed by atoms with Crippen molar-refractivity contribution in [1.82, 2.24) is 9.88 Å². The van der Waals surface area contributed by atoms with Crippen molar-refractivity contribution < 1.29 is 28.6 Å². The number of carbonyl (C=O) groups excluding carboxylic acids is 1. The molecule has 2 heterocycles. The molecule has 3 aromatic carbocycles. The Morgan fingerprint density at radius 3 is 2.33 bits per heavy atom. The Bertz CT molecular complexity index is 1590. The topological polar surface area (TPSA) is 102 Å². The minimum atomic E-state index is -0.858. The molecule has 0 unspecified atom stereocenters. The number of hydrogen-bond acceptors (Lipinski definition) is 6. The third kappa shape index (κ3) is 7.44. The number of carboxylic acids is 1. The Kier molecular flexibility index (Phi) is 8.85. The number of hydrogen-bond donors (Lipinski definition) is 1. The fourth-order valence-corrected chi connectivity index (χ4v) is 5.28. The van der Waals surface area contributed by atoms with E-state index < -0.39 is 11.6 Å². The van der Waals surface area contributed by atoms with Gasteiger partial charge < -0.3 is 23.9 Å². The largest absolute Gasteiger partial charge is 0.493 e. The zero-order valence-electron chi connectivity index (χ0n) is 25.2. The number of carbonyl (C=O) groups is 2. The lowest BCUT2D eigenvalue weighted by Crippen LogP contribution is -2.40. The average molecular weight is 583 g/mol. The van der Waals surface area contributed by atoms with E-state index in [2.05, 4.69) is 24.3 Å². The lowest BCUT2D eigenvalue weighted by atomic mass is 9.92. The molecular formula is C35H38N2O6. The highest BCUT2D eigenvalue weighted by Crippen LogP contribution is 2.33. The average Bonchev–Trinajstić information content (AvgIpc) is 3.36. The molecule has 0 aliphatic carbocycles. The van der Waals surface area contributed by atoms with Gasteiger partial charge in [0.1, 0.15) is 17.1 Å². The van der Waals surface area contributed by atoms with Crippen LogP contribution in [0.2, 0.25) is 0 Å². The highest BCUT2D eigenvalue weighted by atomic mass is 16.6. The van der Waals surface area contributed by atoms with Crippen LogP contribution in [-0.2, 0) is 35.3 Å². The molecule has 0 radical (unpaired) electrons. The first-order chi connectivity index (χ1) is 20.6. The van der Waals surface area contributed by atoms with Crippen LogP contribution >= 0.6 is 0 Å². The molecule has 1 N–H and O–H groups in total. The number of rotatable bonds is 9. The number of aryl methyl sites for hydroxylation is 2. The summed E-state index contributed by atoms with van der Waals surface area (Å²) in [5.74, 6) is 1.22. The van der Waals surface area contributed by atoms with Crippen LogP contribution < -0.4 is 4.74 Å². The molecule has 1 aliphatic heterocycles. The number of nitrogens with zero attached hydrogens (tertiary/aromatic N) is 2. The van der Waals surface area contributed by atoms with Crippen molar-refractivity contribution in [3.63, 3.8) is 0 Å². The van der Waals surface area contributed by atoms with Gasteiger partial charge >= 0.3 is 12.1 Å². The summed E-state index contributed by atoms with van der Waals surface area (Å²) < 4.78 is 17.9. The summed E-state index contributed by atoms with van der Waals surface area (Å²) in [6, 6.07) is 22.2. The van der Waals surface area contributed by atoms with Crippen molar-refractivity contribution in [2.24, 2.45) is 0 Å². The molecule has 1 aromatic heterocycles. The Morgan fingerprint density at radius 2 is 1.63 bits per heavy atom. The van der Waals surface area contributed by atoms with Crippen molar-refractivity contribution in [1.29, 1.82) is 0 Å². The Labute approximate surface area is 252 Å². The molecule has 8 heteroatoms. The number of fused-ring (bicyclic) bond motifs is 1. The summed E-state index contributed by atoms with van der Waals surface area (Å²) in [6.45, 7) is 8.68. The Hall–Kier alpha value is -4.59. The van der Waals surface area contributed by atoms with Crippen LogP contribution in [0.1, 0.15) is 55.3 Å². The molecule has 224 valence electrons.